The maximum atomic E-state index is 4.72. The number of benzene rings is 1. The normalized spacial score (nSPS) is 14.6. The molecular weight excluding hydrogens is 324 g/mol. The minimum atomic E-state index is 0.683. The van der Waals surface area contributed by atoms with Gasteiger partial charge in [-0.3, -0.25) is 0 Å². The van der Waals surface area contributed by atoms with Gasteiger partial charge >= 0.3 is 0 Å². The van der Waals surface area contributed by atoms with Crippen LogP contribution in [-0.4, -0.2) is 33.8 Å². The minimum Gasteiger partial charge on any atom is -0.357 e. The molecule has 0 radical (unpaired) electrons. The Morgan fingerprint density at radius 3 is 2.88 bits per heavy atom. The number of fused-ring (bicyclic) bond motifs is 1. The summed E-state index contributed by atoms with van der Waals surface area (Å²) < 4.78 is 2.31. The molecule has 0 saturated carbocycles. The number of rotatable bonds is 6. The van der Waals surface area contributed by atoms with Crippen molar-refractivity contribution in [2.45, 2.75) is 59.0 Å². The maximum absolute atomic E-state index is 4.72. The Kier molecular flexibility index (Phi) is 6.63. The van der Waals surface area contributed by atoms with Crippen molar-refractivity contribution in [3.8, 4) is 0 Å². The average molecular weight is 355 g/mol. The van der Waals surface area contributed by atoms with Gasteiger partial charge in [0.15, 0.2) is 5.96 Å². The van der Waals surface area contributed by atoms with Gasteiger partial charge in [-0.2, -0.15) is 0 Å². The fraction of sp³-hybridized carbons (Fsp3) is 0.550. The Bertz CT molecular complexity index is 734. The molecule has 0 bridgehead atoms. The zero-order chi connectivity index (χ0) is 18.2. The topological polar surface area (TPSA) is 67.1 Å². The van der Waals surface area contributed by atoms with E-state index in [2.05, 4.69) is 63.5 Å². The van der Waals surface area contributed by atoms with Gasteiger partial charge in [0.1, 0.15) is 11.6 Å². The number of nitrogens with one attached hydrogen (secondary N) is 2. The van der Waals surface area contributed by atoms with Crippen molar-refractivity contribution in [1.82, 2.24) is 25.4 Å². The van der Waals surface area contributed by atoms with Gasteiger partial charge in [0.05, 0.1) is 6.54 Å². The molecule has 1 aromatic carbocycles. The first-order chi connectivity index (χ1) is 12.8. The minimum absolute atomic E-state index is 0.683. The molecule has 2 N–H and O–H groups in total. The number of aryl methyl sites for hydroxylation is 2. The third-order valence-corrected chi connectivity index (χ3v) is 4.84. The molecule has 0 spiro atoms. The van der Waals surface area contributed by atoms with E-state index in [0.717, 1.165) is 50.1 Å². The van der Waals surface area contributed by atoms with Crippen LogP contribution in [0, 0.1) is 6.92 Å². The molecule has 3 rings (SSSR count). The summed E-state index contributed by atoms with van der Waals surface area (Å²) in [4.78, 5) is 4.72. The summed E-state index contributed by atoms with van der Waals surface area (Å²) in [5.74, 6) is 3.09. The molecule has 6 nitrogen and oxygen atoms in total. The van der Waals surface area contributed by atoms with E-state index in [1.165, 1.54) is 30.4 Å². The third kappa shape index (κ3) is 4.84. The second-order valence-corrected chi connectivity index (χ2v) is 6.79. The molecule has 0 atom stereocenters. The van der Waals surface area contributed by atoms with Crippen LogP contribution in [0.1, 0.15) is 49.0 Å². The fourth-order valence-corrected chi connectivity index (χ4v) is 3.32. The van der Waals surface area contributed by atoms with Gasteiger partial charge in [-0.15, -0.1) is 10.2 Å². The Hall–Kier alpha value is -2.37. The van der Waals surface area contributed by atoms with E-state index in [1.54, 1.807) is 0 Å². The molecule has 140 valence electrons. The lowest BCUT2D eigenvalue weighted by molar-refractivity contribution is 0.600. The number of guanidine groups is 1. The summed E-state index contributed by atoms with van der Waals surface area (Å²) in [7, 11) is 0. The van der Waals surface area contributed by atoms with Gasteiger partial charge in [-0.25, -0.2) is 4.99 Å². The summed E-state index contributed by atoms with van der Waals surface area (Å²) in [5.41, 5.74) is 2.53. The highest BCUT2D eigenvalue weighted by molar-refractivity contribution is 5.79. The summed E-state index contributed by atoms with van der Waals surface area (Å²) >= 11 is 0. The largest absolute Gasteiger partial charge is 0.357 e. The second kappa shape index (κ2) is 9.36. The standard InChI is InChI=1S/C20H30N6/c1-3-21-20(23-15-17-10-7-6-9-16(17)2)22-13-12-19-25-24-18-11-5-4-8-14-26(18)19/h6-7,9-10H,3-5,8,11-15H2,1-2H3,(H2,21,22,23). The Morgan fingerprint density at radius 2 is 2.04 bits per heavy atom. The summed E-state index contributed by atoms with van der Waals surface area (Å²) in [6.07, 6.45) is 5.67. The molecule has 1 aliphatic rings. The van der Waals surface area contributed by atoms with E-state index in [-0.39, 0.29) is 0 Å². The number of aliphatic imine (C=N–C) groups is 1. The van der Waals surface area contributed by atoms with Crippen molar-refractivity contribution in [2.75, 3.05) is 13.1 Å². The fourth-order valence-electron chi connectivity index (χ4n) is 3.32. The highest BCUT2D eigenvalue weighted by Gasteiger charge is 2.14. The predicted octanol–water partition coefficient (Wildman–Crippen LogP) is 2.61. The van der Waals surface area contributed by atoms with E-state index >= 15 is 0 Å². The van der Waals surface area contributed by atoms with Gasteiger partial charge in [0.25, 0.3) is 0 Å². The Morgan fingerprint density at radius 1 is 1.15 bits per heavy atom. The van der Waals surface area contributed by atoms with Gasteiger partial charge < -0.3 is 15.2 Å². The lowest BCUT2D eigenvalue weighted by Crippen LogP contribution is -2.38. The van der Waals surface area contributed by atoms with Crippen molar-refractivity contribution in [2.24, 2.45) is 4.99 Å². The van der Waals surface area contributed by atoms with Crippen LogP contribution in [0.3, 0.4) is 0 Å². The van der Waals surface area contributed by atoms with Crippen molar-refractivity contribution < 1.29 is 0 Å². The van der Waals surface area contributed by atoms with Gasteiger partial charge in [-0.1, -0.05) is 30.7 Å². The van der Waals surface area contributed by atoms with Crippen LogP contribution in [0.25, 0.3) is 0 Å². The van der Waals surface area contributed by atoms with E-state index in [4.69, 9.17) is 4.99 Å². The van der Waals surface area contributed by atoms with Gasteiger partial charge in [0.2, 0.25) is 0 Å². The molecule has 0 unspecified atom stereocenters. The number of nitrogens with zero attached hydrogens (tertiary/aromatic N) is 4. The highest BCUT2D eigenvalue weighted by atomic mass is 15.3. The molecule has 1 aromatic heterocycles. The van der Waals surface area contributed by atoms with E-state index in [0.29, 0.717) is 6.54 Å². The molecule has 0 fully saturated rings. The van der Waals surface area contributed by atoms with Crippen LogP contribution in [0.2, 0.25) is 0 Å². The lowest BCUT2D eigenvalue weighted by atomic mass is 10.1. The molecule has 26 heavy (non-hydrogen) atoms. The number of aromatic nitrogens is 3. The molecule has 1 aliphatic heterocycles. The quantitative estimate of drug-likeness (QED) is 0.618. The van der Waals surface area contributed by atoms with E-state index < -0.39 is 0 Å². The monoisotopic (exact) mass is 354 g/mol. The molecule has 6 heteroatoms. The van der Waals surface area contributed by atoms with Crippen LogP contribution >= 0.6 is 0 Å². The molecular formula is C20H30N6. The SMILES string of the molecule is CCNC(=NCc1ccccc1C)NCCc1nnc2n1CCCCC2. The van der Waals surface area contributed by atoms with Gasteiger partial charge in [-0.05, 0) is 37.8 Å². The first-order valence-electron chi connectivity index (χ1n) is 9.75. The van der Waals surface area contributed by atoms with Crippen LogP contribution in [-0.2, 0) is 25.9 Å². The van der Waals surface area contributed by atoms with Crippen molar-refractivity contribution in [3.63, 3.8) is 0 Å². The van der Waals surface area contributed by atoms with Crippen LogP contribution in [0.4, 0.5) is 0 Å². The Labute approximate surface area is 156 Å². The van der Waals surface area contributed by atoms with Crippen molar-refractivity contribution in [1.29, 1.82) is 0 Å². The third-order valence-electron chi connectivity index (χ3n) is 4.84. The van der Waals surface area contributed by atoms with Crippen LogP contribution in [0.15, 0.2) is 29.3 Å². The first kappa shape index (κ1) is 18.4. The predicted molar refractivity (Wildman–Crippen MR) is 105 cm³/mol. The molecule has 0 amide bonds. The maximum Gasteiger partial charge on any atom is 0.191 e. The second-order valence-electron chi connectivity index (χ2n) is 6.79. The van der Waals surface area contributed by atoms with Crippen LogP contribution < -0.4 is 10.6 Å². The summed E-state index contributed by atoms with van der Waals surface area (Å²) in [5, 5.41) is 15.5. The van der Waals surface area contributed by atoms with Crippen LogP contribution in [0.5, 0.6) is 0 Å². The lowest BCUT2D eigenvalue weighted by Gasteiger charge is -2.12. The highest BCUT2D eigenvalue weighted by Crippen LogP contribution is 2.14. The zero-order valence-electron chi connectivity index (χ0n) is 16.0. The smallest absolute Gasteiger partial charge is 0.191 e. The number of hydrogen-bond donors (Lipinski definition) is 2. The molecule has 2 heterocycles. The Balaban J connectivity index is 1.56. The van der Waals surface area contributed by atoms with E-state index in [1.807, 2.05) is 0 Å². The van der Waals surface area contributed by atoms with E-state index in [9.17, 15) is 0 Å². The summed E-state index contributed by atoms with van der Waals surface area (Å²) in [6.45, 7) is 7.60. The average Bonchev–Trinajstić information content (AvgIpc) is 2.87. The zero-order valence-corrected chi connectivity index (χ0v) is 16.0. The summed E-state index contributed by atoms with van der Waals surface area (Å²) in [6, 6.07) is 8.39. The van der Waals surface area contributed by atoms with Crippen molar-refractivity contribution in [3.05, 3.63) is 47.0 Å². The first-order valence-corrected chi connectivity index (χ1v) is 9.75. The molecule has 0 saturated heterocycles. The van der Waals surface area contributed by atoms with Gasteiger partial charge in [0, 0.05) is 32.5 Å². The van der Waals surface area contributed by atoms with Crippen molar-refractivity contribution >= 4 is 5.96 Å². The molecule has 0 aliphatic carbocycles. The number of hydrogen-bond acceptors (Lipinski definition) is 3. The molecule has 2 aromatic rings.